The molecule has 0 aromatic heterocycles. The molecule has 2 aromatic carbocycles. The summed E-state index contributed by atoms with van der Waals surface area (Å²) in [4.78, 5) is 23.8. The van der Waals surface area contributed by atoms with Crippen molar-refractivity contribution in [3.8, 4) is 11.5 Å². The molecule has 0 heterocycles. The topological polar surface area (TPSA) is 90.6 Å². The molecule has 0 aliphatic rings. The SMILES string of the molecule is COc1cc(C(=O)Nc2cc(C(N)=O)c(F)cc2F)cc(Cl)c1OCCC(C)C. The van der Waals surface area contributed by atoms with E-state index in [0.717, 1.165) is 12.5 Å². The van der Waals surface area contributed by atoms with Crippen molar-refractivity contribution in [1.82, 2.24) is 0 Å². The van der Waals surface area contributed by atoms with Crippen LogP contribution in [-0.4, -0.2) is 25.5 Å². The first kappa shape index (κ1) is 22.4. The molecule has 0 fully saturated rings. The second-order valence-electron chi connectivity index (χ2n) is 6.65. The Hall–Kier alpha value is -2.87. The van der Waals surface area contributed by atoms with Gasteiger partial charge in [0.05, 0.1) is 30.0 Å². The standard InChI is InChI=1S/C20H21ClF2N2O4/c1-10(2)4-5-29-18-13(21)6-11(7-17(18)28-3)20(27)25-16-8-12(19(24)26)14(22)9-15(16)23/h6-10H,4-5H2,1-3H3,(H2,24,26)(H,25,27). The van der Waals surface area contributed by atoms with Crippen LogP contribution in [0.3, 0.4) is 0 Å². The largest absolute Gasteiger partial charge is 0.493 e. The van der Waals surface area contributed by atoms with E-state index in [0.29, 0.717) is 18.6 Å². The number of amides is 2. The van der Waals surface area contributed by atoms with E-state index in [-0.39, 0.29) is 22.1 Å². The summed E-state index contributed by atoms with van der Waals surface area (Å²) >= 11 is 6.22. The lowest BCUT2D eigenvalue weighted by molar-refractivity contribution is 0.0992. The van der Waals surface area contributed by atoms with Crippen LogP contribution < -0.4 is 20.5 Å². The molecular formula is C20H21ClF2N2O4. The van der Waals surface area contributed by atoms with E-state index in [1.807, 2.05) is 13.8 Å². The van der Waals surface area contributed by atoms with Crippen molar-refractivity contribution in [1.29, 1.82) is 0 Å². The van der Waals surface area contributed by atoms with E-state index in [1.165, 1.54) is 19.2 Å². The first-order valence-electron chi connectivity index (χ1n) is 8.74. The fourth-order valence-electron chi connectivity index (χ4n) is 2.42. The van der Waals surface area contributed by atoms with Crippen molar-refractivity contribution in [2.75, 3.05) is 19.0 Å². The van der Waals surface area contributed by atoms with Crippen LogP contribution in [0.5, 0.6) is 11.5 Å². The van der Waals surface area contributed by atoms with Crippen molar-refractivity contribution in [2.45, 2.75) is 20.3 Å². The van der Waals surface area contributed by atoms with Gasteiger partial charge in [0.25, 0.3) is 11.8 Å². The van der Waals surface area contributed by atoms with Crippen LogP contribution in [0.25, 0.3) is 0 Å². The summed E-state index contributed by atoms with van der Waals surface area (Å²) in [7, 11) is 1.39. The van der Waals surface area contributed by atoms with Crippen LogP contribution in [0.4, 0.5) is 14.5 Å². The number of halogens is 3. The van der Waals surface area contributed by atoms with Crippen LogP contribution in [0.2, 0.25) is 5.02 Å². The molecule has 2 amide bonds. The Labute approximate surface area is 171 Å². The normalized spacial score (nSPS) is 10.7. The van der Waals surface area contributed by atoms with E-state index in [2.05, 4.69) is 5.32 Å². The summed E-state index contributed by atoms with van der Waals surface area (Å²) in [6.45, 7) is 4.51. The van der Waals surface area contributed by atoms with Gasteiger partial charge in [-0.05, 0) is 30.5 Å². The highest BCUT2D eigenvalue weighted by atomic mass is 35.5. The molecule has 9 heteroatoms. The summed E-state index contributed by atoms with van der Waals surface area (Å²) in [6.07, 6.45) is 0.799. The average Bonchev–Trinajstić information content (AvgIpc) is 2.64. The summed E-state index contributed by atoms with van der Waals surface area (Å²) in [6, 6.07) is 4.00. The van der Waals surface area contributed by atoms with Gasteiger partial charge in [0.2, 0.25) is 0 Å². The zero-order valence-corrected chi connectivity index (χ0v) is 16.9. The lowest BCUT2D eigenvalue weighted by Crippen LogP contribution is -2.17. The van der Waals surface area contributed by atoms with Gasteiger partial charge in [0.1, 0.15) is 11.6 Å². The van der Waals surface area contributed by atoms with Gasteiger partial charge in [-0.1, -0.05) is 25.4 Å². The first-order chi connectivity index (χ1) is 13.6. The molecule has 0 saturated carbocycles. The Morgan fingerprint density at radius 1 is 1.17 bits per heavy atom. The third-order valence-electron chi connectivity index (χ3n) is 4.00. The third-order valence-corrected chi connectivity index (χ3v) is 4.28. The predicted octanol–water partition coefficient (Wildman–Crippen LogP) is 4.40. The molecule has 29 heavy (non-hydrogen) atoms. The van der Waals surface area contributed by atoms with Gasteiger partial charge in [-0.3, -0.25) is 9.59 Å². The number of nitrogens with one attached hydrogen (secondary N) is 1. The van der Waals surface area contributed by atoms with Gasteiger partial charge < -0.3 is 20.5 Å². The molecule has 3 N–H and O–H groups in total. The molecule has 156 valence electrons. The highest BCUT2D eigenvalue weighted by Crippen LogP contribution is 2.37. The van der Waals surface area contributed by atoms with Crippen LogP contribution >= 0.6 is 11.6 Å². The molecule has 0 aliphatic carbocycles. The van der Waals surface area contributed by atoms with Gasteiger partial charge in [-0.15, -0.1) is 0 Å². The Morgan fingerprint density at radius 2 is 1.86 bits per heavy atom. The van der Waals surface area contributed by atoms with E-state index >= 15 is 0 Å². The van der Waals surface area contributed by atoms with Gasteiger partial charge in [0, 0.05) is 11.6 Å². The Balaban J connectivity index is 2.29. The minimum Gasteiger partial charge on any atom is -0.493 e. The maximum absolute atomic E-state index is 14.0. The quantitative estimate of drug-likeness (QED) is 0.654. The van der Waals surface area contributed by atoms with Crippen molar-refractivity contribution in [3.05, 3.63) is 52.0 Å². The number of hydrogen-bond acceptors (Lipinski definition) is 4. The summed E-state index contributed by atoms with van der Waals surface area (Å²) in [5, 5.41) is 2.40. The van der Waals surface area contributed by atoms with Gasteiger partial charge in [-0.2, -0.15) is 0 Å². The van der Waals surface area contributed by atoms with Crippen LogP contribution in [0.15, 0.2) is 24.3 Å². The smallest absolute Gasteiger partial charge is 0.255 e. The molecule has 2 rings (SSSR count). The number of benzene rings is 2. The van der Waals surface area contributed by atoms with E-state index in [4.69, 9.17) is 26.8 Å². The maximum atomic E-state index is 14.0. The van der Waals surface area contributed by atoms with Crippen molar-refractivity contribution >= 4 is 29.1 Å². The highest BCUT2D eigenvalue weighted by Gasteiger charge is 2.19. The molecule has 6 nitrogen and oxygen atoms in total. The van der Waals surface area contributed by atoms with E-state index in [9.17, 15) is 18.4 Å². The number of anilines is 1. The Kier molecular flexibility index (Phi) is 7.39. The molecule has 0 saturated heterocycles. The van der Waals surface area contributed by atoms with Crippen molar-refractivity contribution in [3.63, 3.8) is 0 Å². The second-order valence-corrected chi connectivity index (χ2v) is 7.06. The van der Waals surface area contributed by atoms with Crippen LogP contribution in [-0.2, 0) is 0 Å². The predicted molar refractivity (Wildman–Crippen MR) is 106 cm³/mol. The lowest BCUT2D eigenvalue weighted by Gasteiger charge is -2.15. The maximum Gasteiger partial charge on any atom is 0.255 e. The Bertz CT molecular complexity index is 935. The van der Waals surface area contributed by atoms with Crippen LogP contribution in [0.1, 0.15) is 41.0 Å². The third kappa shape index (κ3) is 5.57. The molecule has 0 bridgehead atoms. The summed E-state index contributed by atoms with van der Waals surface area (Å²) in [5.41, 5.74) is 4.14. The monoisotopic (exact) mass is 426 g/mol. The number of hydrogen-bond donors (Lipinski definition) is 2. The molecule has 0 radical (unpaired) electrons. The van der Waals surface area contributed by atoms with Crippen molar-refractivity contribution < 1.29 is 27.8 Å². The zero-order chi connectivity index (χ0) is 21.7. The summed E-state index contributed by atoms with van der Waals surface area (Å²) < 4.78 is 38.5. The number of rotatable bonds is 8. The molecule has 0 aliphatic heterocycles. The lowest BCUT2D eigenvalue weighted by atomic mass is 10.1. The average molecular weight is 427 g/mol. The molecule has 0 atom stereocenters. The minimum absolute atomic E-state index is 0.0485. The molecular weight excluding hydrogens is 406 g/mol. The van der Waals surface area contributed by atoms with Crippen molar-refractivity contribution in [2.24, 2.45) is 11.7 Å². The van der Waals surface area contributed by atoms with E-state index < -0.39 is 34.7 Å². The summed E-state index contributed by atoms with van der Waals surface area (Å²) in [5.74, 6) is -3.08. The van der Waals surface area contributed by atoms with Gasteiger partial charge in [0.15, 0.2) is 11.5 Å². The highest BCUT2D eigenvalue weighted by molar-refractivity contribution is 6.32. The number of ether oxygens (including phenoxy) is 2. The van der Waals surface area contributed by atoms with Gasteiger partial charge >= 0.3 is 0 Å². The second kappa shape index (κ2) is 9.56. The zero-order valence-electron chi connectivity index (χ0n) is 16.1. The first-order valence-corrected chi connectivity index (χ1v) is 9.12. The molecule has 2 aromatic rings. The van der Waals surface area contributed by atoms with E-state index in [1.54, 1.807) is 0 Å². The number of carbonyl (C=O) groups excluding carboxylic acids is 2. The number of nitrogens with two attached hydrogens (primary N) is 1. The fraction of sp³-hybridized carbons (Fsp3) is 0.300. The number of primary amides is 1. The molecule has 0 spiro atoms. The molecule has 0 unspecified atom stereocenters. The minimum atomic E-state index is -1.12. The number of methoxy groups -OCH3 is 1. The van der Waals surface area contributed by atoms with Crippen LogP contribution in [0, 0.1) is 17.6 Å². The van der Waals surface area contributed by atoms with Gasteiger partial charge in [-0.25, -0.2) is 8.78 Å². The number of carbonyl (C=O) groups is 2. The Morgan fingerprint density at radius 3 is 2.45 bits per heavy atom. The fourth-order valence-corrected chi connectivity index (χ4v) is 2.68.